The first kappa shape index (κ1) is 15.0. The van der Waals surface area contributed by atoms with Gasteiger partial charge in [0.25, 0.3) is 0 Å². The summed E-state index contributed by atoms with van der Waals surface area (Å²) in [6, 6.07) is 3.64. The Balaban J connectivity index is 2.60. The zero-order valence-corrected chi connectivity index (χ0v) is 12.0. The van der Waals surface area contributed by atoms with Crippen molar-refractivity contribution in [3.63, 3.8) is 0 Å². The average Bonchev–Trinajstić information content (AvgIpc) is 2.40. The summed E-state index contributed by atoms with van der Waals surface area (Å²) in [7, 11) is 3.06. The zero-order chi connectivity index (χ0) is 13.4. The highest BCUT2D eigenvalue weighted by atomic mass is 32.2. The summed E-state index contributed by atoms with van der Waals surface area (Å²) in [6.45, 7) is 1.72. The van der Waals surface area contributed by atoms with Crippen LogP contribution in [0.25, 0.3) is 0 Å². The van der Waals surface area contributed by atoms with Crippen LogP contribution in [-0.4, -0.2) is 37.9 Å². The lowest BCUT2D eigenvalue weighted by Crippen LogP contribution is -2.15. The minimum atomic E-state index is 0.0473. The van der Waals surface area contributed by atoms with Crippen molar-refractivity contribution in [3.05, 3.63) is 17.7 Å². The molecule has 0 unspecified atom stereocenters. The van der Waals surface area contributed by atoms with E-state index in [1.807, 2.05) is 23.9 Å². The fraction of sp³-hybridized carbons (Fsp3) is 0.538. The van der Waals surface area contributed by atoms with Crippen LogP contribution < -0.4 is 14.8 Å². The normalized spacial score (nSPS) is 10.4. The monoisotopic (exact) mass is 271 g/mol. The van der Waals surface area contributed by atoms with Gasteiger partial charge in [-0.2, -0.15) is 11.8 Å². The lowest BCUT2D eigenvalue weighted by atomic mass is 10.2. The Morgan fingerprint density at radius 2 is 1.83 bits per heavy atom. The standard InChI is InChI=1S/C13H21NO3S/c1-16-11-7-10(8-12(17-2)13(11)15)9-14-5-4-6-18-3/h7-8,14-15H,4-6,9H2,1-3H3. The molecule has 0 atom stereocenters. The molecule has 0 amide bonds. The summed E-state index contributed by atoms with van der Waals surface area (Å²) in [6.07, 6.45) is 3.25. The summed E-state index contributed by atoms with van der Waals surface area (Å²) in [4.78, 5) is 0. The predicted octanol–water partition coefficient (Wildman–Crippen LogP) is 2.25. The van der Waals surface area contributed by atoms with Crippen LogP contribution in [0.1, 0.15) is 12.0 Å². The van der Waals surface area contributed by atoms with Crippen molar-refractivity contribution in [2.24, 2.45) is 0 Å². The van der Waals surface area contributed by atoms with Gasteiger partial charge >= 0.3 is 0 Å². The molecule has 1 rings (SSSR count). The van der Waals surface area contributed by atoms with Gasteiger partial charge in [0.05, 0.1) is 14.2 Å². The summed E-state index contributed by atoms with van der Waals surface area (Å²) in [5, 5.41) is 13.1. The second-order valence-electron chi connectivity index (χ2n) is 3.87. The molecule has 2 N–H and O–H groups in total. The molecule has 0 radical (unpaired) electrons. The van der Waals surface area contributed by atoms with E-state index in [4.69, 9.17) is 9.47 Å². The molecular weight excluding hydrogens is 250 g/mol. The first-order valence-electron chi connectivity index (χ1n) is 5.86. The summed E-state index contributed by atoms with van der Waals surface area (Å²) >= 11 is 1.85. The van der Waals surface area contributed by atoms with Gasteiger partial charge in [-0.05, 0) is 42.7 Å². The molecule has 0 aliphatic heterocycles. The topological polar surface area (TPSA) is 50.7 Å². The maximum atomic E-state index is 9.78. The second-order valence-corrected chi connectivity index (χ2v) is 4.86. The van der Waals surface area contributed by atoms with E-state index < -0.39 is 0 Å². The van der Waals surface area contributed by atoms with E-state index >= 15 is 0 Å². The first-order chi connectivity index (χ1) is 8.72. The van der Waals surface area contributed by atoms with Gasteiger partial charge in [0.15, 0.2) is 11.5 Å². The third-order valence-electron chi connectivity index (χ3n) is 2.57. The van der Waals surface area contributed by atoms with Crippen molar-refractivity contribution in [2.45, 2.75) is 13.0 Å². The van der Waals surface area contributed by atoms with Crippen LogP contribution in [0.2, 0.25) is 0 Å². The number of benzene rings is 1. The van der Waals surface area contributed by atoms with E-state index in [1.165, 1.54) is 14.2 Å². The van der Waals surface area contributed by atoms with Crippen LogP contribution in [0.5, 0.6) is 17.2 Å². The van der Waals surface area contributed by atoms with Crippen molar-refractivity contribution >= 4 is 11.8 Å². The summed E-state index contributed by atoms with van der Waals surface area (Å²) < 4.78 is 10.2. The number of hydrogen-bond donors (Lipinski definition) is 2. The second kappa shape index (κ2) is 8.11. The molecule has 0 aliphatic rings. The van der Waals surface area contributed by atoms with Gasteiger partial charge in [-0.25, -0.2) is 0 Å². The Hall–Kier alpha value is -1.07. The number of aromatic hydroxyl groups is 1. The van der Waals surface area contributed by atoms with Crippen LogP contribution in [0.4, 0.5) is 0 Å². The van der Waals surface area contributed by atoms with E-state index in [0.717, 1.165) is 30.8 Å². The van der Waals surface area contributed by atoms with Gasteiger partial charge in [0.1, 0.15) is 0 Å². The van der Waals surface area contributed by atoms with Crippen LogP contribution in [-0.2, 0) is 6.54 Å². The minimum absolute atomic E-state index is 0.0473. The molecule has 1 aromatic rings. The molecule has 0 spiro atoms. The number of nitrogens with one attached hydrogen (secondary N) is 1. The van der Waals surface area contributed by atoms with Crippen molar-refractivity contribution < 1.29 is 14.6 Å². The van der Waals surface area contributed by atoms with Crippen LogP contribution in [0.15, 0.2) is 12.1 Å². The Morgan fingerprint density at radius 3 is 2.33 bits per heavy atom. The predicted molar refractivity (Wildman–Crippen MR) is 75.9 cm³/mol. The molecule has 0 saturated carbocycles. The molecule has 0 saturated heterocycles. The van der Waals surface area contributed by atoms with Gasteiger partial charge < -0.3 is 19.9 Å². The lowest BCUT2D eigenvalue weighted by molar-refractivity contribution is 0.339. The Bertz CT molecular complexity index is 346. The molecule has 1 aromatic carbocycles. The molecule has 0 aromatic heterocycles. The molecule has 0 heterocycles. The molecule has 0 bridgehead atoms. The Labute approximate surface area is 113 Å². The largest absolute Gasteiger partial charge is 0.502 e. The third-order valence-corrected chi connectivity index (χ3v) is 3.27. The first-order valence-corrected chi connectivity index (χ1v) is 7.25. The van der Waals surface area contributed by atoms with Crippen molar-refractivity contribution in [2.75, 3.05) is 32.8 Å². The van der Waals surface area contributed by atoms with Crippen molar-refractivity contribution in [1.82, 2.24) is 5.32 Å². The fourth-order valence-electron chi connectivity index (χ4n) is 1.62. The Morgan fingerprint density at radius 1 is 1.22 bits per heavy atom. The van der Waals surface area contributed by atoms with E-state index in [9.17, 15) is 5.11 Å². The van der Waals surface area contributed by atoms with E-state index in [-0.39, 0.29) is 5.75 Å². The number of rotatable bonds is 8. The number of ether oxygens (including phenoxy) is 2. The number of hydrogen-bond acceptors (Lipinski definition) is 5. The average molecular weight is 271 g/mol. The Kier molecular flexibility index (Phi) is 6.75. The van der Waals surface area contributed by atoms with Gasteiger partial charge in [-0.3, -0.25) is 0 Å². The van der Waals surface area contributed by atoms with Crippen molar-refractivity contribution in [3.8, 4) is 17.2 Å². The highest BCUT2D eigenvalue weighted by Crippen LogP contribution is 2.36. The van der Waals surface area contributed by atoms with Gasteiger partial charge in [0, 0.05) is 6.54 Å². The summed E-state index contributed by atoms with van der Waals surface area (Å²) in [5.41, 5.74) is 1.03. The van der Waals surface area contributed by atoms with Gasteiger partial charge in [0.2, 0.25) is 5.75 Å². The van der Waals surface area contributed by atoms with Crippen LogP contribution in [0, 0.1) is 0 Å². The number of methoxy groups -OCH3 is 2. The maximum absolute atomic E-state index is 9.78. The molecule has 18 heavy (non-hydrogen) atoms. The van der Waals surface area contributed by atoms with Crippen LogP contribution in [0.3, 0.4) is 0 Å². The van der Waals surface area contributed by atoms with Crippen LogP contribution >= 0.6 is 11.8 Å². The van der Waals surface area contributed by atoms with E-state index in [0.29, 0.717) is 11.5 Å². The number of phenolic OH excluding ortho intramolecular Hbond substituents is 1. The molecule has 0 fully saturated rings. The molecule has 4 nitrogen and oxygen atoms in total. The zero-order valence-electron chi connectivity index (χ0n) is 11.2. The molecule has 102 valence electrons. The van der Waals surface area contributed by atoms with Crippen molar-refractivity contribution in [1.29, 1.82) is 0 Å². The quantitative estimate of drug-likeness (QED) is 0.710. The SMILES string of the molecule is COc1cc(CNCCCSC)cc(OC)c1O. The molecule has 0 aliphatic carbocycles. The highest BCUT2D eigenvalue weighted by molar-refractivity contribution is 7.98. The summed E-state index contributed by atoms with van der Waals surface area (Å²) in [5.74, 6) is 2.09. The minimum Gasteiger partial charge on any atom is -0.502 e. The van der Waals surface area contributed by atoms with E-state index in [2.05, 4.69) is 11.6 Å². The molecule has 5 heteroatoms. The van der Waals surface area contributed by atoms with E-state index in [1.54, 1.807) is 0 Å². The number of thioether (sulfide) groups is 1. The fourth-order valence-corrected chi connectivity index (χ4v) is 2.06. The highest BCUT2D eigenvalue weighted by Gasteiger charge is 2.10. The smallest absolute Gasteiger partial charge is 0.200 e. The van der Waals surface area contributed by atoms with Gasteiger partial charge in [-0.1, -0.05) is 0 Å². The van der Waals surface area contributed by atoms with Gasteiger partial charge in [-0.15, -0.1) is 0 Å². The number of phenols is 1. The third kappa shape index (κ3) is 4.31. The molecular formula is C13H21NO3S. The maximum Gasteiger partial charge on any atom is 0.200 e. The lowest BCUT2D eigenvalue weighted by Gasteiger charge is -2.11.